The topological polar surface area (TPSA) is 54.4 Å². The van der Waals surface area contributed by atoms with Gasteiger partial charge in [0, 0.05) is 0 Å². The van der Waals surface area contributed by atoms with Crippen molar-refractivity contribution < 1.29 is 14.7 Å². The van der Waals surface area contributed by atoms with E-state index in [-0.39, 0.29) is 0 Å². The van der Waals surface area contributed by atoms with E-state index in [0.717, 1.165) is 0 Å². The highest BCUT2D eigenvalue weighted by atomic mass is 16.4. The summed E-state index contributed by atoms with van der Waals surface area (Å²) < 4.78 is 0. The normalized spacial score (nSPS) is 8.00. The van der Waals surface area contributed by atoms with E-state index in [0.29, 0.717) is 0 Å². The van der Waals surface area contributed by atoms with Crippen molar-refractivity contribution in [3.8, 4) is 0 Å². The zero-order valence-electron chi connectivity index (χ0n) is 3.55. The van der Waals surface area contributed by atoms with Gasteiger partial charge in [0.15, 0.2) is 0 Å². The van der Waals surface area contributed by atoms with Crippen molar-refractivity contribution in [3.63, 3.8) is 0 Å². The lowest BCUT2D eigenvalue weighted by Crippen LogP contribution is -2.10. The fraction of sp³-hybridized carbons (Fsp3) is 0.333. The van der Waals surface area contributed by atoms with E-state index in [9.17, 15) is 9.59 Å². The zero-order chi connectivity index (χ0) is 5.86. The van der Waals surface area contributed by atoms with Gasteiger partial charge in [0.25, 0.3) is 0 Å². The summed E-state index contributed by atoms with van der Waals surface area (Å²) in [6, 6.07) is 0. The van der Waals surface area contributed by atoms with E-state index in [4.69, 9.17) is 5.11 Å². The highest BCUT2D eigenvalue weighted by Gasteiger charge is 2.04. The second kappa shape index (κ2) is 2.39. The Labute approximate surface area is 41.7 Å². The maximum atomic E-state index is 9.79. The van der Waals surface area contributed by atoms with Gasteiger partial charge in [0.1, 0.15) is 0 Å². The molecule has 1 N–H and O–H groups in total. The smallest absolute Gasteiger partial charge is 0.371 e. The molecule has 0 saturated heterocycles. The number of hydrogen-bond acceptors (Lipinski definition) is 2. The van der Waals surface area contributed by atoms with Gasteiger partial charge in [-0.3, -0.25) is 4.79 Å². The standard InChI is InChI=1S/C3H3BO3/c4-1-2(5)3(6)7/h1H2,(H,6,7). The van der Waals surface area contributed by atoms with Crippen LogP contribution in [0.15, 0.2) is 0 Å². The second-order valence-corrected chi connectivity index (χ2v) is 0.932. The van der Waals surface area contributed by atoms with Crippen molar-refractivity contribution >= 4 is 19.6 Å². The number of carbonyl (C=O) groups excluding carboxylic acids is 1. The fourth-order valence-corrected chi connectivity index (χ4v) is 0.0873. The average molecular weight is 97.9 g/mol. The predicted octanol–water partition coefficient (Wildman–Crippen LogP) is -0.773. The second-order valence-electron chi connectivity index (χ2n) is 0.932. The van der Waals surface area contributed by atoms with E-state index in [1.807, 2.05) is 0 Å². The SMILES string of the molecule is [B]CC(=O)C(=O)O. The van der Waals surface area contributed by atoms with Crippen molar-refractivity contribution in [2.75, 3.05) is 0 Å². The Kier molecular flexibility index (Phi) is 2.12. The number of ketones is 1. The van der Waals surface area contributed by atoms with Gasteiger partial charge in [-0.25, -0.2) is 4.79 Å². The van der Waals surface area contributed by atoms with Gasteiger partial charge in [0.05, 0.1) is 7.85 Å². The minimum absolute atomic E-state index is 0.421. The van der Waals surface area contributed by atoms with Crippen molar-refractivity contribution in [1.29, 1.82) is 0 Å². The van der Waals surface area contributed by atoms with Crippen LogP contribution in [0.25, 0.3) is 0 Å². The highest BCUT2D eigenvalue weighted by molar-refractivity contribution is 6.41. The lowest BCUT2D eigenvalue weighted by molar-refractivity contribution is -0.148. The third kappa shape index (κ3) is 1.97. The zero-order valence-corrected chi connectivity index (χ0v) is 3.55. The lowest BCUT2D eigenvalue weighted by atomic mass is 10.0. The summed E-state index contributed by atoms with van der Waals surface area (Å²) in [4.78, 5) is 19.3. The number of carbonyl (C=O) groups is 2. The summed E-state index contributed by atoms with van der Waals surface area (Å²) in [6.45, 7) is 0. The summed E-state index contributed by atoms with van der Waals surface area (Å²) in [6.07, 6.45) is -0.421. The molecule has 0 amide bonds. The Balaban J connectivity index is 3.58. The van der Waals surface area contributed by atoms with Crippen molar-refractivity contribution in [2.24, 2.45) is 0 Å². The van der Waals surface area contributed by atoms with Crippen LogP contribution in [-0.2, 0) is 9.59 Å². The molecular formula is C3H3BO3. The number of carboxylic acid groups (broad SMARTS) is 1. The Morgan fingerprint density at radius 2 is 2.00 bits per heavy atom. The molecule has 0 aromatic heterocycles. The van der Waals surface area contributed by atoms with Crippen molar-refractivity contribution in [2.45, 2.75) is 6.32 Å². The Hall–Kier alpha value is -0.795. The first-order valence-corrected chi connectivity index (χ1v) is 1.64. The summed E-state index contributed by atoms with van der Waals surface area (Å²) in [5.41, 5.74) is 0. The van der Waals surface area contributed by atoms with E-state index in [1.54, 1.807) is 0 Å². The van der Waals surface area contributed by atoms with Gasteiger partial charge in [-0.1, -0.05) is 0 Å². The van der Waals surface area contributed by atoms with E-state index < -0.39 is 18.1 Å². The van der Waals surface area contributed by atoms with Crippen LogP contribution in [-0.4, -0.2) is 24.7 Å². The van der Waals surface area contributed by atoms with E-state index in [1.165, 1.54) is 0 Å². The number of Topliss-reactive ketones (excluding diaryl/α,β-unsaturated/α-hetero) is 1. The van der Waals surface area contributed by atoms with Crippen LogP contribution in [0.3, 0.4) is 0 Å². The molecule has 3 nitrogen and oxygen atoms in total. The van der Waals surface area contributed by atoms with E-state index >= 15 is 0 Å². The molecule has 0 unspecified atom stereocenters. The van der Waals surface area contributed by atoms with Crippen molar-refractivity contribution in [3.05, 3.63) is 0 Å². The molecule has 0 bridgehead atoms. The molecule has 0 atom stereocenters. The first kappa shape index (κ1) is 6.20. The Morgan fingerprint density at radius 3 is 2.00 bits per heavy atom. The molecular weight excluding hydrogens is 94.8 g/mol. The Morgan fingerprint density at radius 1 is 1.57 bits per heavy atom. The van der Waals surface area contributed by atoms with Gasteiger partial charge >= 0.3 is 5.97 Å². The van der Waals surface area contributed by atoms with Crippen LogP contribution in [0.2, 0.25) is 6.32 Å². The van der Waals surface area contributed by atoms with Crippen LogP contribution in [0.1, 0.15) is 0 Å². The van der Waals surface area contributed by atoms with Crippen LogP contribution in [0.5, 0.6) is 0 Å². The predicted molar refractivity (Wildman–Crippen MR) is 23.2 cm³/mol. The van der Waals surface area contributed by atoms with Crippen LogP contribution in [0.4, 0.5) is 0 Å². The van der Waals surface area contributed by atoms with Crippen LogP contribution >= 0.6 is 0 Å². The molecule has 0 aliphatic heterocycles. The first-order valence-electron chi connectivity index (χ1n) is 1.64. The Bertz CT molecular complexity index is 98.4. The third-order valence-corrected chi connectivity index (χ3v) is 0.424. The molecule has 0 rings (SSSR count). The van der Waals surface area contributed by atoms with E-state index in [2.05, 4.69) is 7.85 Å². The van der Waals surface area contributed by atoms with Gasteiger partial charge in [-0.15, -0.1) is 0 Å². The summed E-state index contributed by atoms with van der Waals surface area (Å²) in [5, 5.41) is 7.75. The third-order valence-electron chi connectivity index (χ3n) is 0.424. The molecule has 2 radical (unpaired) electrons. The number of aliphatic carboxylic acids is 1. The van der Waals surface area contributed by atoms with Crippen LogP contribution < -0.4 is 0 Å². The molecule has 4 heteroatoms. The summed E-state index contributed by atoms with van der Waals surface area (Å²) in [5.74, 6) is -2.43. The van der Waals surface area contributed by atoms with Gasteiger partial charge < -0.3 is 5.11 Å². The molecule has 0 aliphatic carbocycles. The monoisotopic (exact) mass is 98.0 g/mol. The molecule has 0 aromatic carbocycles. The molecule has 7 heavy (non-hydrogen) atoms. The molecule has 0 saturated carbocycles. The molecule has 0 fully saturated rings. The molecule has 0 spiro atoms. The van der Waals surface area contributed by atoms with Crippen LogP contribution in [0, 0.1) is 0 Å². The van der Waals surface area contributed by atoms with Gasteiger partial charge in [-0.2, -0.15) is 0 Å². The summed E-state index contributed by atoms with van der Waals surface area (Å²) in [7, 11) is 4.64. The minimum atomic E-state index is -1.47. The van der Waals surface area contributed by atoms with Gasteiger partial charge in [0.2, 0.25) is 5.78 Å². The maximum Gasteiger partial charge on any atom is 0.371 e. The largest absolute Gasteiger partial charge is 0.476 e. The van der Waals surface area contributed by atoms with Gasteiger partial charge in [-0.05, 0) is 6.32 Å². The van der Waals surface area contributed by atoms with Crippen molar-refractivity contribution in [1.82, 2.24) is 0 Å². The maximum absolute atomic E-state index is 9.79. The number of carboxylic acids is 1. The average Bonchev–Trinajstić information content (AvgIpc) is 1.65. The first-order chi connectivity index (χ1) is 3.18. The molecule has 0 aromatic rings. The molecule has 36 valence electrons. The number of rotatable bonds is 2. The number of hydrogen-bond donors (Lipinski definition) is 1. The lowest BCUT2D eigenvalue weighted by Gasteiger charge is -1.80. The summed E-state index contributed by atoms with van der Waals surface area (Å²) >= 11 is 0. The molecule has 0 aliphatic rings. The highest BCUT2D eigenvalue weighted by Crippen LogP contribution is 1.74. The minimum Gasteiger partial charge on any atom is -0.476 e. The fourth-order valence-electron chi connectivity index (χ4n) is 0.0873. The quantitative estimate of drug-likeness (QED) is 0.364. The molecule has 0 heterocycles.